The zero-order valence-electron chi connectivity index (χ0n) is 13.4. The molecule has 0 radical (unpaired) electrons. The van der Waals surface area contributed by atoms with Crippen molar-refractivity contribution in [3.05, 3.63) is 59.8 Å². The Labute approximate surface area is 138 Å². The van der Waals surface area contributed by atoms with Crippen LogP contribution in [0.25, 0.3) is 10.9 Å². The number of fused-ring (bicyclic) bond motifs is 1. The van der Waals surface area contributed by atoms with Crippen LogP contribution in [0.4, 0.5) is 5.69 Å². The molecule has 3 N–H and O–H groups in total. The first-order valence-corrected chi connectivity index (χ1v) is 7.35. The van der Waals surface area contributed by atoms with E-state index in [0.29, 0.717) is 22.7 Å². The molecule has 1 heterocycles. The van der Waals surface area contributed by atoms with Gasteiger partial charge < -0.3 is 20.4 Å². The molecule has 0 aliphatic carbocycles. The highest BCUT2D eigenvalue weighted by Gasteiger charge is 2.16. The Hall–Kier alpha value is -3.28. The maximum absolute atomic E-state index is 12.6. The molecule has 0 bridgehead atoms. The first kappa shape index (κ1) is 15.6. The topological polar surface area (TPSA) is 86.3 Å². The molecular weight excluding hydrogens is 306 g/mol. The van der Waals surface area contributed by atoms with E-state index in [1.807, 2.05) is 25.2 Å². The number of carbonyl (C=O) groups is 2. The molecule has 0 unspecified atom stereocenters. The summed E-state index contributed by atoms with van der Waals surface area (Å²) < 4.78 is 7.14. The van der Waals surface area contributed by atoms with Crippen molar-refractivity contribution in [3.63, 3.8) is 0 Å². The summed E-state index contributed by atoms with van der Waals surface area (Å²) in [6, 6.07) is 13.9. The minimum atomic E-state index is -0.541. The summed E-state index contributed by atoms with van der Waals surface area (Å²) in [6.07, 6.45) is 0. The van der Waals surface area contributed by atoms with Gasteiger partial charge in [-0.05, 0) is 36.4 Å². The molecule has 0 atom stereocenters. The lowest BCUT2D eigenvalue weighted by atomic mass is 10.2. The van der Waals surface area contributed by atoms with E-state index in [-0.39, 0.29) is 5.91 Å². The number of nitrogens with one attached hydrogen (secondary N) is 1. The number of hydrogen-bond acceptors (Lipinski definition) is 3. The van der Waals surface area contributed by atoms with Crippen molar-refractivity contribution < 1.29 is 14.3 Å². The van der Waals surface area contributed by atoms with Crippen molar-refractivity contribution in [1.82, 2.24) is 4.57 Å². The second-order valence-electron chi connectivity index (χ2n) is 5.38. The van der Waals surface area contributed by atoms with Crippen molar-refractivity contribution in [1.29, 1.82) is 0 Å². The summed E-state index contributed by atoms with van der Waals surface area (Å²) >= 11 is 0. The van der Waals surface area contributed by atoms with Gasteiger partial charge in [0.15, 0.2) is 0 Å². The van der Waals surface area contributed by atoms with Gasteiger partial charge in [-0.2, -0.15) is 0 Å². The van der Waals surface area contributed by atoms with Crippen LogP contribution in [0.1, 0.15) is 20.8 Å². The maximum Gasteiger partial charge on any atom is 0.272 e. The highest BCUT2D eigenvalue weighted by Crippen LogP contribution is 2.28. The van der Waals surface area contributed by atoms with E-state index in [2.05, 4.69) is 5.32 Å². The van der Waals surface area contributed by atoms with Crippen molar-refractivity contribution in [3.8, 4) is 5.75 Å². The van der Waals surface area contributed by atoms with Gasteiger partial charge in [0.2, 0.25) is 5.91 Å². The average Bonchev–Trinajstić information content (AvgIpc) is 2.92. The lowest BCUT2D eigenvalue weighted by molar-refractivity contribution is 0.0995. The fraction of sp³-hybridized carbons (Fsp3) is 0.111. The van der Waals surface area contributed by atoms with Gasteiger partial charge >= 0.3 is 0 Å². The minimum absolute atomic E-state index is 0.280. The highest BCUT2D eigenvalue weighted by atomic mass is 16.5. The standard InChI is InChI=1S/C18H17N3O3/c1-21-14-7-4-8-16(24-2)13(14)10-15(21)18(23)20-12-6-3-5-11(9-12)17(19)22/h3-10H,1-2H3,(H2,19,22)(H,20,23). The molecule has 6 heteroatoms. The number of rotatable bonds is 4. The van der Waals surface area contributed by atoms with Gasteiger partial charge in [0.05, 0.1) is 12.6 Å². The molecule has 3 aromatic rings. The number of carbonyl (C=O) groups excluding carboxylic acids is 2. The van der Waals surface area contributed by atoms with Gasteiger partial charge in [0, 0.05) is 23.7 Å². The van der Waals surface area contributed by atoms with Crippen LogP contribution in [0.2, 0.25) is 0 Å². The number of aryl methyl sites for hydroxylation is 1. The second kappa shape index (κ2) is 6.08. The third kappa shape index (κ3) is 2.69. The fourth-order valence-corrected chi connectivity index (χ4v) is 2.67. The molecule has 2 amide bonds. The van der Waals surface area contributed by atoms with Gasteiger partial charge in [-0.1, -0.05) is 12.1 Å². The molecule has 0 saturated carbocycles. The number of hydrogen-bond donors (Lipinski definition) is 2. The summed E-state index contributed by atoms with van der Waals surface area (Å²) in [6.45, 7) is 0. The van der Waals surface area contributed by atoms with Gasteiger partial charge in [0.25, 0.3) is 5.91 Å². The number of nitrogens with zero attached hydrogens (tertiary/aromatic N) is 1. The van der Waals surface area contributed by atoms with E-state index < -0.39 is 5.91 Å². The van der Waals surface area contributed by atoms with E-state index in [1.165, 1.54) is 0 Å². The average molecular weight is 323 g/mol. The number of benzene rings is 2. The maximum atomic E-state index is 12.6. The first-order chi connectivity index (χ1) is 11.5. The third-order valence-corrected chi connectivity index (χ3v) is 3.90. The summed E-state index contributed by atoms with van der Waals surface area (Å²) in [4.78, 5) is 23.8. The Morgan fingerprint density at radius 2 is 1.88 bits per heavy atom. The van der Waals surface area contributed by atoms with Gasteiger partial charge in [-0.25, -0.2) is 0 Å². The molecule has 122 valence electrons. The monoisotopic (exact) mass is 323 g/mol. The number of anilines is 1. The number of methoxy groups -OCH3 is 1. The molecular formula is C18H17N3O3. The molecule has 0 saturated heterocycles. The molecule has 2 aromatic carbocycles. The van der Waals surface area contributed by atoms with E-state index >= 15 is 0 Å². The molecule has 24 heavy (non-hydrogen) atoms. The SMILES string of the molecule is COc1cccc2c1cc(C(=O)Nc1cccc(C(N)=O)c1)n2C. The highest BCUT2D eigenvalue weighted by molar-refractivity contribution is 6.07. The molecule has 3 rings (SSSR count). The number of ether oxygens (including phenoxy) is 1. The van der Waals surface area contributed by atoms with Crippen molar-refractivity contribution in [2.75, 3.05) is 12.4 Å². The van der Waals surface area contributed by atoms with Gasteiger partial charge in [0.1, 0.15) is 11.4 Å². The molecule has 0 aliphatic heterocycles. The predicted molar refractivity (Wildman–Crippen MR) is 92.4 cm³/mol. The lowest BCUT2D eigenvalue weighted by Gasteiger charge is -2.07. The molecule has 0 aliphatic rings. The summed E-state index contributed by atoms with van der Waals surface area (Å²) in [5.74, 6) is -0.115. The van der Waals surface area contributed by atoms with Gasteiger partial charge in [-0.3, -0.25) is 9.59 Å². The summed E-state index contributed by atoms with van der Waals surface area (Å²) in [5, 5.41) is 3.64. The number of amides is 2. The zero-order chi connectivity index (χ0) is 17.3. The third-order valence-electron chi connectivity index (χ3n) is 3.90. The van der Waals surface area contributed by atoms with Crippen LogP contribution in [0.5, 0.6) is 5.75 Å². The summed E-state index contributed by atoms with van der Waals surface area (Å²) in [5.41, 5.74) is 7.49. The molecule has 0 spiro atoms. The van der Waals surface area contributed by atoms with Crippen LogP contribution in [-0.4, -0.2) is 23.5 Å². The number of nitrogens with two attached hydrogens (primary N) is 1. The second-order valence-corrected chi connectivity index (χ2v) is 5.38. The van der Waals surface area contributed by atoms with Gasteiger partial charge in [-0.15, -0.1) is 0 Å². The Kier molecular flexibility index (Phi) is 3.95. The minimum Gasteiger partial charge on any atom is -0.496 e. The molecule has 1 aromatic heterocycles. The Morgan fingerprint density at radius 1 is 1.12 bits per heavy atom. The van der Waals surface area contributed by atoms with E-state index in [0.717, 1.165) is 10.9 Å². The number of aromatic nitrogens is 1. The largest absolute Gasteiger partial charge is 0.496 e. The van der Waals surface area contributed by atoms with Crippen molar-refractivity contribution in [2.24, 2.45) is 12.8 Å². The first-order valence-electron chi connectivity index (χ1n) is 7.35. The van der Waals surface area contributed by atoms with Crippen LogP contribution in [0, 0.1) is 0 Å². The van der Waals surface area contributed by atoms with Crippen molar-refractivity contribution >= 4 is 28.4 Å². The molecule has 6 nitrogen and oxygen atoms in total. The van der Waals surface area contributed by atoms with Crippen LogP contribution in [0.3, 0.4) is 0 Å². The van der Waals surface area contributed by atoms with Crippen LogP contribution >= 0.6 is 0 Å². The Morgan fingerprint density at radius 3 is 2.58 bits per heavy atom. The smallest absolute Gasteiger partial charge is 0.272 e. The zero-order valence-corrected chi connectivity index (χ0v) is 13.4. The van der Waals surface area contributed by atoms with E-state index in [1.54, 1.807) is 42.0 Å². The van der Waals surface area contributed by atoms with Crippen LogP contribution in [0.15, 0.2) is 48.5 Å². The van der Waals surface area contributed by atoms with Crippen LogP contribution < -0.4 is 15.8 Å². The van der Waals surface area contributed by atoms with Crippen LogP contribution in [-0.2, 0) is 7.05 Å². The summed E-state index contributed by atoms with van der Waals surface area (Å²) in [7, 11) is 3.41. The van der Waals surface area contributed by atoms with E-state index in [4.69, 9.17) is 10.5 Å². The fourth-order valence-electron chi connectivity index (χ4n) is 2.67. The normalized spacial score (nSPS) is 10.6. The number of primary amides is 1. The Bertz CT molecular complexity index is 944. The van der Waals surface area contributed by atoms with Crippen molar-refractivity contribution in [2.45, 2.75) is 0 Å². The van der Waals surface area contributed by atoms with E-state index in [9.17, 15) is 9.59 Å². The lowest BCUT2D eigenvalue weighted by Crippen LogP contribution is -2.16. The Balaban J connectivity index is 1.96. The predicted octanol–water partition coefficient (Wildman–Crippen LogP) is 2.54. The molecule has 0 fully saturated rings. The quantitative estimate of drug-likeness (QED) is 0.773.